The minimum atomic E-state index is -0.302. The first-order valence-corrected chi connectivity index (χ1v) is 8.96. The normalized spacial score (nSPS) is 27.0. The maximum absolute atomic E-state index is 13.6. The molecular formula is C16H19ClFNOS. The molecule has 2 aliphatic carbocycles. The lowest BCUT2D eigenvalue weighted by Crippen LogP contribution is -2.39. The minimum Gasteiger partial charge on any atom is -0.352 e. The first-order valence-electron chi connectivity index (χ1n) is 7.43. The standard InChI is InChI=1S/C16H19ClFNOS/c17-13-4-3-12(14(18)7-13)8-21-9-16(20)19-15-6-10-1-2-11(15)5-10/h3-4,7,10-11,15H,1-2,5-6,8-9H2,(H,19,20)/t10-,11-,15+/m0/s1. The summed E-state index contributed by atoms with van der Waals surface area (Å²) in [6, 6.07) is 5.05. The van der Waals surface area contributed by atoms with Gasteiger partial charge in [0.05, 0.1) is 5.75 Å². The Bertz CT molecular complexity index is 539. The maximum atomic E-state index is 13.6. The fourth-order valence-corrected chi connectivity index (χ4v) is 4.55. The summed E-state index contributed by atoms with van der Waals surface area (Å²) in [5.41, 5.74) is 0.595. The first kappa shape index (κ1) is 15.2. The Balaban J connectivity index is 1.42. The number of rotatable bonds is 5. The zero-order valence-corrected chi connectivity index (χ0v) is 13.4. The van der Waals surface area contributed by atoms with Gasteiger partial charge < -0.3 is 5.32 Å². The summed E-state index contributed by atoms with van der Waals surface area (Å²) >= 11 is 7.16. The van der Waals surface area contributed by atoms with Crippen molar-refractivity contribution in [2.75, 3.05) is 5.75 Å². The van der Waals surface area contributed by atoms with Crippen molar-refractivity contribution in [1.82, 2.24) is 5.32 Å². The van der Waals surface area contributed by atoms with Crippen LogP contribution >= 0.6 is 23.4 Å². The van der Waals surface area contributed by atoms with Crippen LogP contribution in [0.4, 0.5) is 4.39 Å². The summed E-state index contributed by atoms with van der Waals surface area (Å²) in [5, 5.41) is 3.54. The van der Waals surface area contributed by atoms with Gasteiger partial charge in [-0.05, 0) is 48.8 Å². The van der Waals surface area contributed by atoms with Gasteiger partial charge in [-0.1, -0.05) is 24.1 Å². The van der Waals surface area contributed by atoms with Crippen LogP contribution in [0.25, 0.3) is 0 Å². The molecule has 0 aliphatic heterocycles. The van der Waals surface area contributed by atoms with Gasteiger partial charge in [-0.15, -0.1) is 11.8 Å². The van der Waals surface area contributed by atoms with E-state index in [9.17, 15) is 9.18 Å². The molecule has 0 heterocycles. The van der Waals surface area contributed by atoms with Crippen LogP contribution in [0.1, 0.15) is 31.2 Å². The topological polar surface area (TPSA) is 29.1 Å². The molecule has 1 N–H and O–H groups in total. The molecule has 0 radical (unpaired) electrons. The molecule has 0 unspecified atom stereocenters. The monoisotopic (exact) mass is 327 g/mol. The SMILES string of the molecule is O=C(CSCc1ccc(Cl)cc1F)N[C@@H]1C[C@H]2CC[C@H]1C2. The van der Waals surface area contributed by atoms with E-state index < -0.39 is 0 Å². The van der Waals surface area contributed by atoms with E-state index in [0.717, 1.165) is 12.3 Å². The summed E-state index contributed by atoms with van der Waals surface area (Å²) in [7, 11) is 0. The highest BCUT2D eigenvalue weighted by molar-refractivity contribution is 7.99. The van der Waals surface area contributed by atoms with E-state index in [1.165, 1.54) is 37.1 Å². The van der Waals surface area contributed by atoms with Crippen molar-refractivity contribution >= 4 is 29.3 Å². The minimum absolute atomic E-state index is 0.0759. The first-order chi connectivity index (χ1) is 10.1. The quantitative estimate of drug-likeness (QED) is 0.885. The molecule has 3 rings (SSSR count). The van der Waals surface area contributed by atoms with Crippen LogP contribution in [0.3, 0.4) is 0 Å². The van der Waals surface area contributed by atoms with Gasteiger partial charge in [-0.2, -0.15) is 0 Å². The molecule has 114 valence electrons. The second-order valence-electron chi connectivity index (χ2n) is 6.08. The number of benzene rings is 1. The third-order valence-corrected chi connectivity index (χ3v) is 5.81. The van der Waals surface area contributed by atoms with E-state index in [-0.39, 0.29) is 11.7 Å². The van der Waals surface area contributed by atoms with Crippen molar-refractivity contribution in [1.29, 1.82) is 0 Å². The molecule has 2 bridgehead atoms. The van der Waals surface area contributed by atoms with Crippen LogP contribution in [0.15, 0.2) is 18.2 Å². The lowest BCUT2D eigenvalue weighted by Gasteiger charge is -2.22. The number of fused-ring (bicyclic) bond motifs is 2. The van der Waals surface area contributed by atoms with Crippen LogP contribution in [0, 0.1) is 17.7 Å². The molecular weight excluding hydrogens is 309 g/mol. The Labute approximate surface area is 133 Å². The highest BCUT2D eigenvalue weighted by Crippen LogP contribution is 2.44. The van der Waals surface area contributed by atoms with Crippen molar-refractivity contribution in [3.05, 3.63) is 34.6 Å². The van der Waals surface area contributed by atoms with Crippen LogP contribution in [-0.4, -0.2) is 17.7 Å². The van der Waals surface area contributed by atoms with Crippen molar-refractivity contribution in [3.63, 3.8) is 0 Å². The molecule has 2 fully saturated rings. The second-order valence-corrected chi connectivity index (χ2v) is 7.50. The lowest BCUT2D eigenvalue weighted by atomic mass is 9.95. The molecule has 2 nitrogen and oxygen atoms in total. The van der Waals surface area contributed by atoms with Crippen LogP contribution in [-0.2, 0) is 10.5 Å². The van der Waals surface area contributed by atoms with Gasteiger partial charge in [0.25, 0.3) is 0 Å². The fraction of sp³-hybridized carbons (Fsp3) is 0.562. The lowest BCUT2D eigenvalue weighted by molar-refractivity contribution is -0.119. The second kappa shape index (κ2) is 6.57. The third-order valence-electron chi connectivity index (χ3n) is 4.59. The Morgan fingerprint density at radius 3 is 2.90 bits per heavy atom. The average Bonchev–Trinajstić information content (AvgIpc) is 3.03. The van der Waals surface area contributed by atoms with Gasteiger partial charge >= 0.3 is 0 Å². The van der Waals surface area contributed by atoms with E-state index in [2.05, 4.69) is 5.32 Å². The fourth-order valence-electron chi connectivity index (χ4n) is 3.56. The average molecular weight is 328 g/mol. The van der Waals surface area contributed by atoms with Gasteiger partial charge in [0.2, 0.25) is 5.91 Å². The molecule has 2 saturated carbocycles. The Morgan fingerprint density at radius 1 is 1.38 bits per heavy atom. The summed E-state index contributed by atoms with van der Waals surface area (Å²) in [5.74, 6) is 2.17. The molecule has 21 heavy (non-hydrogen) atoms. The van der Waals surface area contributed by atoms with Crippen molar-refractivity contribution in [2.45, 2.75) is 37.5 Å². The molecule has 2 aliphatic rings. The smallest absolute Gasteiger partial charge is 0.230 e. The van der Waals surface area contributed by atoms with Gasteiger partial charge in [0.1, 0.15) is 5.82 Å². The van der Waals surface area contributed by atoms with Crippen molar-refractivity contribution in [3.8, 4) is 0 Å². The van der Waals surface area contributed by atoms with E-state index in [0.29, 0.717) is 34.1 Å². The van der Waals surface area contributed by atoms with E-state index in [1.54, 1.807) is 12.1 Å². The van der Waals surface area contributed by atoms with Crippen molar-refractivity contribution in [2.24, 2.45) is 11.8 Å². The molecule has 1 amide bonds. The summed E-state index contributed by atoms with van der Waals surface area (Å²) in [4.78, 5) is 12.0. The highest BCUT2D eigenvalue weighted by Gasteiger charge is 2.39. The number of hydrogen-bond acceptors (Lipinski definition) is 2. The summed E-state index contributed by atoms with van der Waals surface area (Å²) in [6.07, 6.45) is 5.03. The summed E-state index contributed by atoms with van der Waals surface area (Å²) < 4.78 is 13.6. The van der Waals surface area contributed by atoms with Crippen LogP contribution in [0.2, 0.25) is 5.02 Å². The van der Waals surface area contributed by atoms with Gasteiger partial charge in [0, 0.05) is 16.8 Å². The predicted octanol–water partition coefficient (Wildman–Crippen LogP) is 4.02. The van der Waals surface area contributed by atoms with E-state index in [4.69, 9.17) is 11.6 Å². The number of nitrogens with one attached hydrogen (secondary N) is 1. The third kappa shape index (κ3) is 3.72. The van der Waals surface area contributed by atoms with Crippen molar-refractivity contribution < 1.29 is 9.18 Å². The van der Waals surface area contributed by atoms with E-state index in [1.807, 2.05) is 0 Å². The molecule has 0 aromatic heterocycles. The number of carbonyl (C=O) groups excluding carboxylic acids is 1. The zero-order valence-electron chi connectivity index (χ0n) is 11.8. The number of halogens is 2. The zero-order chi connectivity index (χ0) is 14.8. The van der Waals surface area contributed by atoms with Gasteiger partial charge in [-0.25, -0.2) is 4.39 Å². The molecule has 3 atom stereocenters. The molecule has 0 spiro atoms. The summed E-state index contributed by atoms with van der Waals surface area (Å²) in [6.45, 7) is 0. The van der Waals surface area contributed by atoms with Gasteiger partial charge in [-0.3, -0.25) is 4.79 Å². The van der Waals surface area contributed by atoms with E-state index >= 15 is 0 Å². The molecule has 1 aromatic rings. The van der Waals surface area contributed by atoms with Crippen LogP contribution < -0.4 is 5.32 Å². The van der Waals surface area contributed by atoms with Gasteiger partial charge in [0.15, 0.2) is 0 Å². The molecule has 1 aromatic carbocycles. The maximum Gasteiger partial charge on any atom is 0.230 e. The Hall–Kier alpha value is -0.740. The molecule has 5 heteroatoms. The number of carbonyl (C=O) groups is 1. The number of amides is 1. The predicted molar refractivity (Wildman–Crippen MR) is 85.0 cm³/mol. The number of thioether (sulfide) groups is 1. The largest absolute Gasteiger partial charge is 0.352 e. The molecule has 0 saturated heterocycles. The number of hydrogen-bond donors (Lipinski definition) is 1. The highest BCUT2D eigenvalue weighted by atomic mass is 35.5. The van der Waals surface area contributed by atoms with Crippen LogP contribution in [0.5, 0.6) is 0 Å². The Kier molecular flexibility index (Phi) is 4.75. The Morgan fingerprint density at radius 2 is 2.24 bits per heavy atom.